The van der Waals surface area contributed by atoms with Gasteiger partial charge < -0.3 is 15.0 Å². The van der Waals surface area contributed by atoms with Gasteiger partial charge in [0.2, 0.25) is 0 Å². The van der Waals surface area contributed by atoms with Gasteiger partial charge in [-0.15, -0.1) is 0 Å². The van der Waals surface area contributed by atoms with Crippen molar-refractivity contribution in [2.75, 3.05) is 6.54 Å². The number of rotatable bonds is 0. The monoisotopic (exact) mass is 216 g/mol. The van der Waals surface area contributed by atoms with Gasteiger partial charge in [-0.25, -0.2) is 0 Å². The average Bonchev–Trinajstić information content (AvgIpc) is 2.60. The number of aromatic hydroxyl groups is 1. The molecule has 3 rings (SSSR count). The molecule has 1 aliphatic heterocycles. The van der Waals surface area contributed by atoms with Gasteiger partial charge in [-0.2, -0.15) is 0 Å². The Morgan fingerprint density at radius 2 is 2.19 bits per heavy atom. The molecule has 0 atom stereocenters. The highest BCUT2D eigenvalue weighted by Gasteiger charge is 2.20. The molecule has 0 saturated heterocycles. The van der Waals surface area contributed by atoms with Gasteiger partial charge in [0.25, 0.3) is 0 Å². The number of nitrogens with one attached hydrogen (secondary N) is 1. The van der Waals surface area contributed by atoms with Crippen molar-refractivity contribution in [2.24, 2.45) is 7.05 Å². The maximum Gasteiger partial charge on any atom is 0.139 e. The van der Waals surface area contributed by atoms with Gasteiger partial charge in [0.05, 0.1) is 5.52 Å². The second-order valence-corrected chi connectivity index (χ2v) is 4.54. The Labute approximate surface area is 94.7 Å². The van der Waals surface area contributed by atoms with Crippen molar-refractivity contribution in [2.45, 2.75) is 19.9 Å². The minimum Gasteiger partial charge on any atom is -0.506 e. The van der Waals surface area contributed by atoms with Crippen LogP contribution >= 0.6 is 0 Å². The summed E-state index contributed by atoms with van der Waals surface area (Å²) in [7, 11) is 2.05. The predicted molar refractivity (Wildman–Crippen MR) is 64.7 cm³/mol. The Morgan fingerprint density at radius 3 is 3.00 bits per heavy atom. The van der Waals surface area contributed by atoms with Gasteiger partial charge >= 0.3 is 0 Å². The molecule has 0 unspecified atom stereocenters. The lowest BCUT2D eigenvalue weighted by Crippen LogP contribution is -2.24. The summed E-state index contributed by atoms with van der Waals surface area (Å²) in [5, 5.41) is 14.6. The van der Waals surface area contributed by atoms with Gasteiger partial charge in [-0.1, -0.05) is 6.07 Å². The standard InChI is InChI=1S/C13H16N2O/c1-8-3-4-11(16)13-12(8)9-7-14-6-5-10(9)15(13)2/h3-4,14,16H,5-7H2,1-2H3. The first-order chi connectivity index (χ1) is 7.70. The molecule has 16 heavy (non-hydrogen) atoms. The number of hydrogen-bond donors (Lipinski definition) is 2. The average molecular weight is 216 g/mol. The Kier molecular flexibility index (Phi) is 1.98. The molecule has 1 aromatic heterocycles. The Balaban J connectivity index is 2.48. The molecule has 1 aliphatic rings. The largest absolute Gasteiger partial charge is 0.506 e. The van der Waals surface area contributed by atoms with E-state index in [9.17, 15) is 5.11 Å². The molecule has 84 valence electrons. The van der Waals surface area contributed by atoms with E-state index < -0.39 is 0 Å². The van der Waals surface area contributed by atoms with Gasteiger partial charge in [0.15, 0.2) is 0 Å². The lowest BCUT2D eigenvalue weighted by molar-refractivity contribution is 0.478. The molecule has 2 heterocycles. The van der Waals surface area contributed by atoms with E-state index in [0.717, 1.165) is 25.0 Å². The van der Waals surface area contributed by atoms with Crippen molar-refractivity contribution < 1.29 is 5.11 Å². The number of phenols is 1. The molecule has 2 aromatic rings. The first-order valence-corrected chi connectivity index (χ1v) is 5.69. The smallest absolute Gasteiger partial charge is 0.139 e. The van der Waals surface area contributed by atoms with Crippen LogP contribution in [0.15, 0.2) is 12.1 Å². The van der Waals surface area contributed by atoms with Crippen LogP contribution in [0.4, 0.5) is 0 Å². The lowest BCUT2D eigenvalue weighted by atomic mass is 10.0. The van der Waals surface area contributed by atoms with Crippen LogP contribution in [0.3, 0.4) is 0 Å². The number of hydrogen-bond acceptors (Lipinski definition) is 2. The zero-order valence-electron chi connectivity index (χ0n) is 9.67. The molecule has 2 N–H and O–H groups in total. The normalized spacial score (nSPS) is 15.4. The van der Waals surface area contributed by atoms with Crippen molar-refractivity contribution in [3.8, 4) is 5.75 Å². The van der Waals surface area contributed by atoms with Crippen molar-refractivity contribution in [3.05, 3.63) is 29.0 Å². The van der Waals surface area contributed by atoms with Crippen LogP contribution < -0.4 is 5.32 Å². The molecular formula is C13H16N2O. The third kappa shape index (κ3) is 1.12. The van der Waals surface area contributed by atoms with Crippen LogP contribution in [0, 0.1) is 6.92 Å². The number of fused-ring (bicyclic) bond motifs is 3. The molecular weight excluding hydrogens is 200 g/mol. The van der Waals surface area contributed by atoms with E-state index in [4.69, 9.17) is 0 Å². The number of benzene rings is 1. The number of aromatic nitrogens is 1. The summed E-state index contributed by atoms with van der Waals surface area (Å²) in [4.78, 5) is 0. The molecule has 0 aliphatic carbocycles. The fourth-order valence-corrected chi connectivity index (χ4v) is 2.81. The summed E-state index contributed by atoms with van der Waals surface area (Å²) in [6.45, 7) is 4.05. The molecule has 0 bridgehead atoms. The van der Waals surface area contributed by atoms with E-state index in [-0.39, 0.29) is 0 Å². The van der Waals surface area contributed by atoms with Crippen LogP contribution in [0.25, 0.3) is 10.9 Å². The fourth-order valence-electron chi connectivity index (χ4n) is 2.81. The van der Waals surface area contributed by atoms with Crippen molar-refractivity contribution in [1.82, 2.24) is 9.88 Å². The van der Waals surface area contributed by atoms with E-state index in [1.807, 2.05) is 13.1 Å². The van der Waals surface area contributed by atoms with E-state index in [0.29, 0.717) is 5.75 Å². The first-order valence-electron chi connectivity index (χ1n) is 5.69. The SMILES string of the molecule is Cc1ccc(O)c2c1c1c(n2C)CCNC1. The van der Waals surface area contributed by atoms with E-state index in [1.165, 1.54) is 22.2 Å². The van der Waals surface area contributed by atoms with Crippen LogP contribution in [-0.2, 0) is 20.0 Å². The summed E-state index contributed by atoms with van der Waals surface area (Å²) in [6, 6.07) is 3.78. The third-order valence-electron chi connectivity index (χ3n) is 3.60. The number of nitrogens with zero attached hydrogens (tertiary/aromatic N) is 1. The topological polar surface area (TPSA) is 37.2 Å². The molecule has 3 heteroatoms. The predicted octanol–water partition coefficient (Wildman–Crippen LogP) is 1.84. The Morgan fingerprint density at radius 1 is 1.38 bits per heavy atom. The molecule has 1 aromatic carbocycles. The molecule has 3 nitrogen and oxygen atoms in total. The van der Waals surface area contributed by atoms with E-state index >= 15 is 0 Å². The zero-order valence-corrected chi connectivity index (χ0v) is 9.67. The molecule has 0 amide bonds. The maximum absolute atomic E-state index is 9.98. The summed E-state index contributed by atoms with van der Waals surface area (Å²) >= 11 is 0. The summed E-state index contributed by atoms with van der Waals surface area (Å²) in [5.41, 5.74) is 4.94. The van der Waals surface area contributed by atoms with Crippen molar-refractivity contribution >= 4 is 10.9 Å². The van der Waals surface area contributed by atoms with E-state index in [2.05, 4.69) is 16.8 Å². The highest BCUT2D eigenvalue weighted by Crippen LogP contribution is 2.35. The minimum absolute atomic E-state index is 0.387. The van der Waals surface area contributed by atoms with Gasteiger partial charge in [0.1, 0.15) is 5.75 Å². The van der Waals surface area contributed by atoms with Crippen LogP contribution in [-0.4, -0.2) is 16.2 Å². The highest BCUT2D eigenvalue weighted by atomic mass is 16.3. The van der Waals surface area contributed by atoms with Crippen LogP contribution in [0.2, 0.25) is 0 Å². The van der Waals surface area contributed by atoms with Gasteiger partial charge in [0, 0.05) is 37.6 Å². The first kappa shape index (κ1) is 9.73. The van der Waals surface area contributed by atoms with Gasteiger partial charge in [-0.05, 0) is 24.1 Å². The second kappa shape index (κ2) is 3.25. The lowest BCUT2D eigenvalue weighted by Gasteiger charge is -2.14. The molecule has 0 radical (unpaired) electrons. The summed E-state index contributed by atoms with van der Waals surface area (Å²) in [6.07, 6.45) is 1.04. The van der Waals surface area contributed by atoms with Crippen LogP contribution in [0.1, 0.15) is 16.8 Å². The highest BCUT2D eigenvalue weighted by molar-refractivity contribution is 5.93. The van der Waals surface area contributed by atoms with Crippen molar-refractivity contribution in [1.29, 1.82) is 0 Å². The Hall–Kier alpha value is -1.48. The van der Waals surface area contributed by atoms with Crippen LogP contribution in [0.5, 0.6) is 5.75 Å². The number of aryl methyl sites for hydroxylation is 2. The Bertz CT molecular complexity index is 569. The minimum atomic E-state index is 0.387. The van der Waals surface area contributed by atoms with Crippen molar-refractivity contribution in [3.63, 3.8) is 0 Å². The van der Waals surface area contributed by atoms with E-state index in [1.54, 1.807) is 6.07 Å². The molecule has 0 spiro atoms. The summed E-state index contributed by atoms with van der Waals surface area (Å²) in [5.74, 6) is 0.387. The second-order valence-electron chi connectivity index (χ2n) is 4.54. The number of phenolic OH excluding ortho intramolecular Hbond substituents is 1. The fraction of sp³-hybridized carbons (Fsp3) is 0.385. The zero-order chi connectivity index (χ0) is 11.3. The quantitative estimate of drug-likeness (QED) is 0.705. The third-order valence-corrected chi connectivity index (χ3v) is 3.60. The molecule has 0 saturated carbocycles. The van der Waals surface area contributed by atoms with Gasteiger partial charge in [-0.3, -0.25) is 0 Å². The summed E-state index contributed by atoms with van der Waals surface area (Å²) < 4.78 is 2.15. The maximum atomic E-state index is 9.98. The molecule has 0 fully saturated rings.